The summed E-state index contributed by atoms with van der Waals surface area (Å²) in [7, 11) is 1.52. The largest absolute Gasteiger partial charge is 0.495 e. The molecule has 1 aromatic rings. The van der Waals surface area contributed by atoms with Gasteiger partial charge in [0.2, 0.25) is 0 Å². The minimum absolute atomic E-state index is 0.172. The van der Waals surface area contributed by atoms with E-state index in [1.165, 1.54) is 7.11 Å². The fourth-order valence-electron chi connectivity index (χ4n) is 1.58. The molecule has 0 radical (unpaired) electrons. The van der Waals surface area contributed by atoms with Crippen LogP contribution in [0.25, 0.3) is 0 Å². The first-order chi connectivity index (χ1) is 7.06. The monoisotopic (exact) mass is 273 g/mol. The van der Waals surface area contributed by atoms with Crippen molar-refractivity contribution in [2.75, 3.05) is 7.11 Å². The van der Waals surface area contributed by atoms with Crippen LogP contribution < -0.4 is 10.5 Å². The highest BCUT2D eigenvalue weighted by atomic mass is 79.9. The molecule has 2 N–H and O–H groups in total. The van der Waals surface area contributed by atoms with Gasteiger partial charge in [0.1, 0.15) is 11.6 Å². The minimum atomic E-state index is -0.258. The molecule has 0 heterocycles. The average Bonchev–Trinajstić information content (AvgIpc) is 2.92. The Balaban J connectivity index is 2.29. The number of hydrogen-bond acceptors (Lipinski definition) is 2. The Morgan fingerprint density at radius 1 is 1.53 bits per heavy atom. The number of benzene rings is 1. The third-order valence-electron chi connectivity index (χ3n) is 2.78. The van der Waals surface area contributed by atoms with Crippen molar-refractivity contribution in [2.45, 2.75) is 24.8 Å². The van der Waals surface area contributed by atoms with Gasteiger partial charge in [-0.15, -0.1) is 0 Å². The van der Waals surface area contributed by atoms with Crippen LogP contribution in [0.5, 0.6) is 5.75 Å². The zero-order chi connectivity index (χ0) is 11.1. The van der Waals surface area contributed by atoms with Gasteiger partial charge in [-0.3, -0.25) is 0 Å². The second-order valence-electron chi connectivity index (χ2n) is 4.09. The van der Waals surface area contributed by atoms with E-state index >= 15 is 0 Å². The van der Waals surface area contributed by atoms with Gasteiger partial charge in [-0.25, -0.2) is 4.39 Å². The molecule has 15 heavy (non-hydrogen) atoms. The van der Waals surface area contributed by atoms with E-state index in [0.29, 0.717) is 22.2 Å². The first-order valence-electron chi connectivity index (χ1n) is 4.85. The highest BCUT2D eigenvalue weighted by Gasteiger charge is 2.38. The van der Waals surface area contributed by atoms with Gasteiger partial charge in [-0.1, -0.05) is 6.07 Å². The van der Waals surface area contributed by atoms with Gasteiger partial charge in [0, 0.05) is 5.54 Å². The lowest BCUT2D eigenvalue weighted by Gasteiger charge is -2.12. The molecule has 0 atom stereocenters. The molecule has 82 valence electrons. The molecule has 0 saturated heterocycles. The summed E-state index contributed by atoms with van der Waals surface area (Å²) in [6.07, 6.45) is 2.56. The fraction of sp³-hybridized carbons (Fsp3) is 0.455. The predicted octanol–water partition coefficient (Wildman–Crippen LogP) is 2.63. The molecule has 0 amide bonds. The maximum absolute atomic E-state index is 13.8. The van der Waals surface area contributed by atoms with Gasteiger partial charge < -0.3 is 10.5 Å². The van der Waals surface area contributed by atoms with E-state index in [1.54, 1.807) is 12.1 Å². The van der Waals surface area contributed by atoms with E-state index in [-0.39, 0.29) is 11.4 Å². The van der Waals surface area contributed by atoms with Crippen LogP contribution in [-0.4, -0.2) is 12.6 Å². The maximum atomic E-state index is 13.8. The summed E-state index contributed by atoms with van der Waals surface area (Å²) in [5, 5.41) is 0. The molecular formula is C11H13BrFNO. The van der Waals surface area contributed by atoms with Crippen molar-refractivity contribution in [3.05, 3.63) is 28.0 Å². The summed E-state index contributed by atoms with van der Waals surface area (Å²) in [6, 6.07) is 3.50. The summed E-state index contributed by atoms with van der Waals surface area (Å²) >= 11 is 3.18. The lowest BCUT2D eigenvalue weighted by molar-refractivity contribution is 0.406. The van der Waals surface area contributed by atoms with Crippen molar-refractivity contribution < 1.29 is 9.13 Å². The summed E-state index contributed by atoms with van der Waals surface area (Å²) in [5.74, 6) is 0.254. The van der Waals surface area contributed by atoms with Crippen LogP contribution in [0.15, 0.2) is 16.6 Å². The Hall–Kier alpha value is -0.610. The number of rotatable bonds is 3. The highest BCUT2D eigenvalue weighted by Crippen LogP contribution is 2.38. The predicted molar refractivity (Wildman–Crippen MR) is 60.5 cm³/mol. The van der Waals surface area contributed by atoms with Crippen LogP contribution in [0.3, 0.4) is 0 Å². The van der Waals surface area contributed by atoms with Gasteiger partial charge >= 0.3 is 0 Å². The van der Waals surface area contributed by atoms with E-state index in [4.69, 9.17) is 10.5 Å². The summed E-state index contributed by atoms with van der Waals surface area (Å²) in [4.78, 5) is 0. The van der Waals surface area contributed by atoms with Crippen molar-refractivity contribution in [2.24, 2.45) is 5.73 Å². The van der Waals surface area contributed by atoms with E-state index in [0.717, 1.165) is 12.8 Å². The molecule has 2 nitrogen and oxygen atoms in total. The van der Waals surface area contributed by atoms with Crippen LogP contribution in [0.4, 0.5) is 4.39 Å². The number of nitrogens with two attached hydrogens (primary N) is 1. The number of hydrogen-bond donors (Lipinski definition) is 1. The fourth-order valence-corrected chi connectivity index (χ4v) is 2.13. The van der Waals surface area contributed by atoms with Crippen molar-refractivity contribution in [1.82, 2.24) is 0 Å². The van der Waals surface area contributed by atoms with Crippen molar-refractivity contribution >= 4 is 15.9 Å². The van der Waals surface area contributed by atoms with E-state index in [1.807, 2.05) is 0 Å². The molecule has 1 fully saturated rings. The van der Waals surface area contributed by atoms with Gasteiger partial charge in [-0.05, 0) is 46.8 Å². The molecule has 1 aliphatic rings. The lowest BCUT2D eigenvalue weighted by Crippen LogP contribution is -2.25. The number of methoxy groups -OCH3 is 1. The van der Waals surface area contributed by atoms with Gasteiger partial charge in [0.25, 0.3) is 0 Å². The molecule has 0 bridgehead atoms. The van der Waals surface area contributed by atoms with Gasteiger partial charge in [-0.2, -0.15) is 0 Å². The van der Waals surface area contributed by atoms with E-state index in [9.17, 15) is 4.39 Å². The van der Waals surface area contributed by atoms with Crippen LogP contribution in [0.1, 0.15) is 18.4 Å². The van der Waals surface area contributed by atoms with Crippen LogP contribution in [-0.2, 0) is 6.42 Å². The number of ether oxygens (including phenoxy) is 1. The normalized spacial score (nSPS) is 17.6. The maximum Gasteiger partial charge on any atom is 0.144 e. The molecule has 1 saturated carbocycles. The van der Waals surface area contributed by atoms with Crippen molar-refractivity contribution in [3.8, 4) is 5.75 Å². The van der Waals surface area contributed by atoms with Gasteiger partial charge in [0.05, 0.1) is 11.6 Å². The first-order valence-corrected chi connectivity index (χ1v) is 5.65. The molecule has 0 unspecified atom stereocenters. The minimum Gasteiger partial charge on any atom is -0.495 e. The molecule has 1 aromatic carbocycles. The molecular weight excluding hydrogens is 261 g/mol. The van der Waals surface area contributed by atoms with Crippen LogP contribution >= 0.6 is 15.9 Å². The molecule has 4 heteroatoms. The molecule has 0 aromatic heterocycles. The second-order valence-corrected chi connectivity index (χ2v) is 4.89. The molecule has 2 rings (SSSR count). The second kappa shape index (κ2) is 3.76. The van der Waals surface area contributed by atoms with Crippen molar-refractivity contribution in [1.29, 1.82) is 0 Å². The van der Waals surface area contributed by atoms with Gasteiger partial charge in [0.15, 0.2) is 0 Å². The number of halogens is 2. The third-order valence-corrected chi connectivity index (χ3v) is 3.52. The zero-order valence-corrected chi connectivity index (χ0v) is 10.1. The zero-order valence-electron chi connectivity index (χ0n) is 8.52. The SMILES string of the molecule is COc1ccc(CC2(N)CC2)c(F)c1Br. The topological polar surface area (TPSA) is 35.2 Å². The Kier molecular flexibility index (Phi) is 2.73. The first kappa shape index (κ1) is 10.9. The molecule has 1 aliphatic carbocycles. The molecule has 0 aliphatic heterocycles. The third kappa shape index (κ3) is 2.16. The van der Waals surface area contributed by atoms with Crippen LogP contribution in [0.2, 0.25) is 0 Å². The Morgan fingerprint density at radius 2 is 2.20 bits per heavy atom. The lowest BCUT2D eigenvalue weighted by atomic mass is 10.0. The van der Waals surface area contributed by atoms with Crippen molar-refractivity contribution in [3.63, 3.8) is 0 Å². The summed E-state index contributed by atoms with van der Waals surface area (Å²) in [5.41, 5.74) is 6.44. The average molecular weight is 274 g/mol. The quantitative estimate of drug-likeness (QED) is 0.919. The standard InChI is InChI=1S/C11H13BrFNO/c1-15-8-3-2-7(10(13)9(8)12)6-11(14)4-5-11/h2-3H,4-6,14H2,1H3. The Morgan fingerprint density at radius 3 is 2.73 bits per heavy atom. The summed E-state index contributed by atoms with van der Waals surface area (Å²) < 4.78 is 19.2. The molecule has 0 spiro atoms. The van der Waals surface area contributed by atoms with Crippen LogP contribution in [0, 0.1) is 5.82 Å². The van der Waals surface area contributed by atoms with E-state index < -0.39 is 0 Å². The van der Waals surface area contributed by atoms with E-state index in [2.05, 4.69) is 15.9 Å². The Bertz CT molecular complexity index is 390. The smallest absolute Gasteiger partial charge is 0.144 e. The summed E-state index contributed by atoms with van der Waals surface area (Å²) in [6.45, 7) is 0. The Labute approximate surface area is 96.7 Å². The highest BCUT2D eigenvalue weighted by molar-refractivity contribution is 9.10.